The fourth-order valence-electron chi connectivity index (χ4n) is 0.453. The van der Waals surface area contributed by atoms with E-state index in [1.54, 1.807) is 0 Å². The Hall–Kier alpha value is -0.702. The zero-order chi connectivity index (χ0) is 8.69. The average molecular weight is 219 g/mol. The molecule has 0 spiro atoms. The van der Waals surface area contributed by atoms with Crippen LogP contribution in [0.5, 0.6) is 0 Å². The quantitative estimate of drug-likeness (QED) is 0.401. The molecule has 0 aliphatic heterocycles. The molecule has 0 saturated heterocycles. The molecule has 0 bridgehead atoms. The number of benzene rings is 1. The summed E-state index contributed by atoms with van der Waals surface area (Å²) in [6, 6.07) is 9.49. The number of nitrogens with two attached hydrogens (primary N) is 1. The molecule has 5 heteroatoms. The number of hydrogen-bond donors (Lipinski definition) is 3. The van der Waals surface area contributed by atoms with Gasteiger partial charge in [-0.3, -0.25) is 0 Å². The van der Waals surface area contributed by atoms with Gasteiger partial charge in [0.2, 0.25) is 0 Å². The topological polar surface area (TPSA) is 83.6 Å². The third kappa shape index (κ3) is 9.30. The van der Waals surface area contributed by atoms with Crippen LogP contribution >= 0.6 is 0 Å². The Bertz CT molecular complexity index is 210. The van der Waals surface area contributed by atoms with Gasteiger partial charge in [0.25, 0.3) is 0 Å². The van der Waals surface area contributed by atoms with Gasteiger partial charge in [-0.05, 0) is 12.1 Å². The van der Waals surface area contributed by atoms with Gasteiger partial charge in [-0.25, -0.2) is 0 Å². The van der Waals surface area contributed by atoms with Crippen molar-refractivity contribution in [3.05, 3.63) is 30.3 Å². The van der Waals surface area contributed by atoms with Crippen LogP contribution in [0.2, 0.25) is 0 Å². The van der Waals surface area contributed by atoms with Gasteiger partial charge in [-0.1, -0.05) is 18.2 Å². The van der Waals surface area contributed by atoms with Crippen LogP contribution in [0.25, 0.3) is 0 Å². The molecule has 0 aliphatic carbocycles. The molecule has 0 amide bonds. The van der Waals surface area contributed by atoms with Crippen LogP contribution in [0.15, 0.2) is 30.3 Å². The molecule has 0 heterocycles. The Morgan fingerprint density at radius 1 is 1.18 bits per heavy atom. The molecule has 1 aromatic carbocycles. The van der Waals surface area contributed by atoms with Gasteiger partial charge in [-0.2, -0.15) is 0 Å². The summed E-state index contributed by atoms with van der Waals surface area (Å²) in [5.74, 6) is 0. The molecule has 11 heavy (non-hydrogen) atoms. The summed E-state index contributed by atoms with van der Waals surface area (Å²) in [4.78, 5) is 0. The molecule has 0 unspecified atom stereocenters. The van der Waals surface area contributed by atoms with Crippen molar-refractivity contribution in [1.82, 2.24) is 0 Å². The second-order valence-corrected chi connectivity index (χ2v) is 2.88. The predicted octanol–water partition coefficient (Wildman–Crippen LogP) is -0.613. The van der Waals surface area contributed by atoms with E-state index in [0.717, 1.165) is 5.69 Å². The SMILES string of the molecule is Nc1ccccc1.O=[AsH](O)O. The standard InChI is InChI=1S/C6H7N.AsH3O3/c7-6-4-2-1-3-5-6;2-1(3)4/h1-5H,7H2;1H,(H2,2,3,4). The van der Waals surface area contributed by atoms with E-state index in [-0.39, 0.29) is 0 Å². The molecule has 0 atom stereocenters. The summed E-state index contributed by atoms with van der Waals surface area (Å²) in [7, 11) is 0. The zero-order valence-corrected chi connectivity index (χ0v) is 7.86. The Labute approximate surface area is 69.5 Å². The maximum atomic E-state index is 8.81. The number of anilines is 1. The van der Waals surface area contributed by atoms with E-state index in [2.05, 4.69) is 0 Å². The van der Waals surface area contributed by atoms with Crippen LogP contribution in [0.1, 0.15) is 0 Å². The normalized spacial score (nSPS) is 8.64. The van der Waals surface area contributed by atoms with Crippen LogP contribution in [-0.2, 0) is 3.74 Å². The second-order valence-electron chi connectivity index (χ2n) is 1.69. The molecule has 4 nitrogen and oxygen atoms in total. The van der Waals surface area contributed by atoms with Crippen molar-refractivity contribution >= 4 is 21.0 Å². The fraction of sp³-hybridized carbons (Fsp3) is 0. The first kappa shape index (κ1) is 10.3. The molecule has 62 valence electrons. The van der Waals surface area contributed by atoms with Crippen molar-refractivity contribution in [2.75, 3.05) is 5.73 Å². The molecule has 0 saturated carbocycles. The third-order valence-corrected chi connectivity index (χ3v) is 0.800. The van der Waals surface area contributed by atoms with E-state index in [0.29, 0.717) is 0 Å². The van der Waals surface area contributed by atoms with Crippen molar-refractivity contribution in [1.29, 1.82) is 0 Å². The van der Waals surface area contributed by atoms with Crippen LogP contribution in [-0.4, -0.2) is 23.5 Å². The maximum absolute atomic E-state index is 8.81. The molecule has 1 aromatic rings. The van der Waals surface area contributed by atoms with Gasteiger partial charge in [-0.15, -0.1) is 0 Å². The zero-order valence-electron chi connectivity index (χ0n) is 5.77. The van der Waals surface area contributed by atoms with Crippen molar-refractivity contribution < 1.29 is 11.9 Å². The first-order valence-electron chi connectivity index (χ1n) is 2.85. The van der Waals surface area contributed by atoms with Crippen LogP contribution < -0.4 is 5.73 Å². The first-order valence-corrected chi connectivity index (χ1v) is 5.58. The second kappa shape index (κ2) is 6.04. The molecule has 0 radical (unpaired) electrons. The van der Waals surface area contributed by atoms with Gasteiger partial charge in [0.15, 0.2) is 0 Å². The Morgan fingerprint density at radius 2 is 1.55 bits per heavy atom. The Morgan fingerprint density at radius 3 is 1.73 bits per heavy atom. The summed E-state index contributed by atoms with van der Waals surface area (Å²) in [5, 5.41) is 0. The van der Waals surface area contributed by atoms with Gasteiger partial charge < -0.3 is 5.73 Å². The number of rotatable bonds is 0. The van der Waals surface area contributed by atoms with E-state index >= 15 is 0 Å². The summed E-state index contributed by atoms with van der Waals surface area (Å²) >= 11 is -3.58. The van der Waals surface area contributed by atoms with Gasteiger partial charge in [0.1, 0.15) is 0 Å². The van der Waals surface area contributed by atoms with Gasteiger partial charge in [0.05, 0.1) is 0 Å². The third-order valence-electron chi connectivity index (χ3n) is 0.800. The number of nitrogen functional groups attached to an aromatic ring is 1. The summed E-state index contributed by atoms with van der Waals surface area (Å²) < 4.78 is 23.2. The molecule has 0 aromatic heterocycles. The molecular weight excluding hydrogens is 209 g/mol. The Balaban J connectivity index is 0.000000218. The van der Waals surface area contributed by atoms with Crippen LogP contribution in [0.3, 0.4) is 0 Å². The van der Waals surface area contributed by atoms with Crippen molar-refractivity contribution in [3.8, 4) is 0 Å². The Kier molecular flexibility index (Phi) is 5.65. The average Bonchev–Trinajstić information content (AvgIpc) is 1.87. The molecule has 0 fully saturated rings. The minimum atomic E-state index is -3.58. The van der Waals surface area contributed by atoms with E-state index < -0.39 is 15.3 Å². The number of para-hydroxylation sites is 1. The predicted molar refractivity (Wildman–Crippen MR) is 43.1 cm³/mol. The molecule has 4 N–H and O–H groups in total. The van der Waals surface area contributed by atoms with Crippen LogP contribution in [0, 0.1) is 0 Å². The van der Waals surface area contributed by atoms with Crippen molar-refractivity contribution in [2.45, 2.75) is 0 Å². The molecule has 1 rings (SSSR count). The van der Waals surface area contributed by atoms with Gasteiger partial charge >= 0.3 is 27.2 Å². The van der Waals surface area contributed by atoms with E-state index in [9.17, 15) is 0 Å². The number of hydrogen-bond acceptors (Lipinski definition) is 2. The van der Waals surface area contributed by atoms with E-state index in [1.165, 1.54) is 0 Å². The van der Waals surface area contributed by atoms with Gasteiger partial charge in [0, 0.05) is 5.69 Å². The monoisotopic (exact) mass is 219 g/mol. The van der Waals surface area contributed by atoms with Crippen molar-refractivity contribution in [2.24, 2.45) is 0 Å². The molecule has 0 aliphatic rings. The summed E-state index contributed by atoms with van der Waals surface area (Å²) in [6.07, 6.45) is 0. The van der Waals surface area contributed by atoms with Crippen molar-refractivity contribution in [3.63, 3.8) is 0 Å². The summed E-state index contributed by atoms with van der Waals surface area (Å²) in [5.41, 5.74) is 6.18. The first-order chi connectivity index (χ1) is 5.13. The van der Waals surface area contributed by atoms with E-state index in [4.69, 9.17) is 17.7 Å². The minimum absolute atomic E-state index is 0.822. The van der Waals surface area contributed by atoms with Crippen LogP contribution in [0.4, 0.5) is 5.69 Å². The fourth-order valence-corrected chi connectivity index (χ4v) is 0.453. The van der Waals surface area contributed by atoms with E-state index in [1.807, 2.05) is 30.3 Å². The summed E-state index contributed by atoms with van der Waals surface area (Å²) in [6.45, 7) is 0. The molecular formula is C6H10AsNO3.